The van der Waals surface area contributed by atoms with Crippen LogP contribution in [-0.2, 0) is 12.0 Å². The van der Waals surface area contributed by atoms with Crippen LogP contribution in [0.2, 0.25) is 0 Å². The van der Waals surface area contributed by atoms with Gasteiger partial charge in [-0.2, -0.15) is 0 Å². The number of aliphatic hydroxyl groups is 1. The number of anilines is 1. The third-order valence-electron chi connectivity index (χ3n) is 3.59. The Kier molecular flexibility index (Phi) is 3.97. The largest absolute Gasteiger partial charge is 0.391 e. The molecule has 4 heteroatoms. The summed E-state index contributed by atoms with van der Waals surface area (Å²) >= 11 is 1.66. The summed E-state index contributed by atoms with van der Waals surface area (Å²) in [6.07, 6.45) is 2.50. The van der Waals surface area contributed by atoms with Crippen LogP contribution in [-0.4, -0.2) is 23.2 Å². The van der Waals surface area contributed by atoms with E-state index in [1.165, 1.54) is 12.8 Å². The molecule has 1 aromatic rings. The quantitative estimate of drug-likeness (QED) is 0.895. The van der Waals surface area contributed by atoms with Crippen molar-refractivity contribution in [3.8, 4) is 0 Å². The first kappa shape index (κ1) is 13.8. The maximum absolute atomic E-state index is 9.49. The van der Waals surface area contributed by atoms with Gasteiger partial charge in [0, 0.05) is 18.5 Å². The monoisotopic (exact) mass is 268 g/mol. The van der Waals surface area contributed by atoms with Gasteiger partial charge in [-0.3, -0.25) is 0 Å². The van der Waals surface area contributed by atoms with E-state index in [2.05, 4.69) is 32.6 Å². The zero-order chi connectivity index (χ0) is 13.3. The van der Waals surface area contributed by atoms with Crippen LogP contribution >= 0.6 is 11.3 Å². The van der Waals surface area contributed by atoms with Gasteiger partial charge in [0.15, 0.2) is 5.13 Å². The molecule has 3 nitrogen and oxygen atoms in total. The van der Waals surface area contributed by atoms with Crippen molar-refractivity contribution in [3.05, 3.63) is 10.6 Å². The molecular weight excluding hydrogens is 244 g/mol. The molecule has 0 radical (unpaired) electrons. The lowest BCUT2D eigenvalue weighted by atomic mass is 9.91. The zero-order valence-electron chi connectivity index (χ0n) is 11.9. The third kappa shape index (κ3) is 2.86. The van der Waals surface area contributed by atoms with Gasteiger partial charge in [0.1, 0.15) is 0 Å². The van der Waals surface area contributed by atoms with Gasteiger partial charge in [-0.05, 0) is 18.8 Å². The molecule has 0 spiro atoms. The molecule has 1 saturated heterocycles. The molecule has 1 N–H and O–H groups in total. The van der Waals surface area contributed by atoms with Crippen molar-refractivity contribution in [1.29, 1.82) is 0 Å². The van der Waals surface area contributed by atoms with Crippen LogP contribution in [0.1, 0.15) is 51.1 Å². The molecule has 1 aliphatic rings. The maximum Gasteiger partial charge on any atom is 0.185 e. The molecule has 0 aromatic carbocycles. The van der Waals surface area contributed by atoms with Crippen LogP contribution in [0.25, 0.3) is 0 Å². The number of hydrogen-bond donors (Lipinski definition) is 1. The average molecular weight is 268 g/mol. The second-order valence-electron chi connectivity index (χ2n) is 6.35. The van der Waals surface area contributed by atoms with Crippen LogP contribution in [0, 0.1) is 5.92 Å². The van der Waals surface area contributed by atoms with E-state index in [0.29, 0.717) is 0 Å². The van der Waals surface area contributed by atoms with E-state index in [1.807, 2.05) is 0 Å². The Morgan fingerprint density at radius 1 is 1.33 bits per heavy atom. The molecule has 1 aliphatic heterocycles. The summed E-state index contributed by atoms with van der Waals surface area (Å²) in [4.78, 5) is 8.18. The number of aliphatic hydroxyl groups excluding tert-OH is 1. The Labute approximate surface area is 114 Å². The minimum atomic E-state index is 0.00981. The summed E-state index contributed by atoms with van der Waals surface area (Å²) in [6.45, 7) is 11.1. The van der Waals surface area contributed by atoms with Crippen molar-refractivity contribution in [1.82, 2.24) is 4.98 Å². The maximum atomic E-state index is 9.49. The zero-order valence-corrected chi connectivity index (χ0v) is 12.7. The number of rotatable bonds is 2. The lowest BCUT2D eigenvalue weighted by molar-refractivity contribution is 0.282. The highest BCUT2D eigenvalue weighted by Crippen LogP contribution is 2.35. The third-order valence-corrected chi connectivity index (χ3v) is 4.70. The van der Waals surface area contributed by atoms with Crippen LogP contribution in [0.4, 0.5) is 5.13 Å². The Bertz CT molecular complexity index is 400. The minimum Gasteiger partial charge on any atom is -0.391 e. The van der Waals surface area contributed by atoms with Crippen LogP contribution in [0.5, 0.6) is 0 Å². The van der Waals surface area contributed by atoms with E-state index < -0.39 is 0 Å². The van der Waals surface area contributed by atoms with Crippen molar-refractivity contribution in [2.45, 2.75) is 52.6 Å². The van der Waals surface area contributed by atoms with Gasteiger partial charge >= 0.3 is 0 Å². The molecule has 0 saturated carbocycles. The second-order valence-corrected chi connectivity index (χ2v) is 7.41. The molecule has 2 rings (SSSR count). The van der Waals surface area contributed by atoms with Gasteiger partial charge < -0.3 is 10.0 Å². The number of piperidine rings is 1. The van der Waals surface area contributed by atoms with Gasteiger partial charge in [0.2, 0.25) is 0 Å². The van der Waals surface area contributed by atoms with E-state index in [9.17, 15) is 5.11 Å². The summed E-state index contributed by atoms with van der Waals surface area (Å²) in [5.74, 6) is 0.834. The van der Waals surface area contributed by atoms with Crippen LogP contribution in [0.3, 0.4) is 0 Å². The average Bonchev–Trinajstić information content (AvgIpc) is 2.73. The van der Waals surface area contributed by atoms with Gasteiger partial charge in [-0.15, -0.1) is 0 Å². The standard InChI is InChI=1S/C14H24N2OS/c1-10-5-7-16(8-6-10)13-15-12(14(2,3)4)11(9-17)18-13/h10,17H,5-9H2,1-4H3. The van der Waals surface area contributed by atoms with E-state index >= 15 is 0 Å². The Morgan fingerprint density at radius 2 is 1.94 bits per heavy atom. The van der Waals surface area contributed by atoms with Crippen molar-refractivity contribution >= 4 is 16.5 Å². The van der Waals surface area contributed by atoms with E-state index in [4.69, 9.17) is 4.98 Å². The van der Waals surface area contributed by atoms with Crippen molar-refractivity contribution < 1.29 is 5.11 Å². The fourth-order valence-corrected chi connectivity index (χ4v) is 3.55. The molecule has 0 atom stereocenters. The highest BCUT2D eigenvalue weighted by molar-refractivity contribution is 7.15. The van der Waals surface area contributed by atoms with Crippen LogP contribution in [0.15, 0.2) is 0 Å². The molecule has 1 fully saturated rings. The predicted octanol–water partition coefficient (Wildman–Crippen LogP) is 3.17. The van der Waals surface area contributed by atoms with Gasteiger partial charge in [-0.25, -0.2) is 4.98 Å². The first-order chi connectivity index (χ1) is 8.41. The summed E-state index contributed by atoms with van der Waals surface area (Å²) in [6, 6.07) is 0. The molecule has 0 aliphatic carbocycles. The smallest absolute Gasteiger partial charge is 0.185 e. The number of nitrogens with zero attached hydrogens (tertiary/aromatic N) is 2. The topological polar surface area (TPSA) is 36.4 Å². The summed E-state index contributed by atoms with van der Waals surface area (Å²) in [7, 11) is 0. The molecule has 0 amide bonds. The van der Waals surface area contributed by atoms with Crippen molar-refractivity contribution in [3.63, 3.8) is 0 Å². The van der Waals surface area contributed by atoms with Crippen molar-refractivity contribution in [2.75, 3.05) is 18.0 Å². The summed E-state index contributed by atoms with van der Waals surface area (Å²) < 4.78 is 0. The van der Waals surface area contributed by atoms with Gasteiger partial charge in [0.05, 0.1) is 17.2 Å². The lowest BCUT2D eigenvalue weighted by Gasteiger charge is -2.30. The molecular formula is C14H24N2OS. The molecule has 0 bridgehead atoms. The lowest BCUT2D eigenvalue weighted by Crippen LogP contribution is -2.32. The highest BCUT2D eigenvalue weighted by atomic mass is 32.1. The number of thiazole rings is 1. The van der Waals surface area contributed by atoms with E-state index in [-0.39, 0.29) is 12.0 Å². The van der Waals surface area contributed by atoms with Crippen LogP contribution < -0.4 is 4.90 Å². The predicted molar refractivity (Wildman–Crippen MR) is 77.3 cm³/mol. The molecule has 2 heterocycles. The first-order valence-electron chi connectivity index (χ1n) is 6.78. The second kappa shape index (κ2) is 5.17. The van der Waals surface area contributed by atoms with E-state index in [1.54, 1.807) is 11.3 Å². The highest BCUT2D eigenvalue weighted by Gasteiger charge is 2.26. The first-order valence-corrected chi connectivity index (χ1v) is 7.59. The number of hydrogen-bond acceptors (Lipinski definition) is 4. The summed E-state index contributed by atoms with van der Waals surface area (Å²) in [5, 5.41) is 10.6. The SMILES string of the molecule is CC1CCN(c2nc(C(C)(C)C)c(CO)s2)CC1. The fourth-order valence-electron chi connectivity index (χ4n) is 2.37. The Morgan fingerprint density at radius 3 is 2.39 bits per heavy atom. The Hall–Kier alpha value is -0.610. The summed E-state index contributed by atoms with van der Waals surface area (Å²) in [5.41, 5.74) is 1.07. The van der Waals surface area contributed by atoms with Gasteiger partial charge in [-0.1, -0.05) is 39.0 Å². The Balaban J connectivity index is 2.22. The fraction of sp³-hybridized carbons (Fsp3) is 0.786. The van der Waals surface area contributed by atoms with Gasteiger partial charge in [0.25, 0.3) is 0 Å². The molecule has 0 unspecified atom stereocenters. The molecule has 1 aromatic heterocycles. The minimum absolute atomic E-state index is 0.00981. The van der Waals surface area contributed by atoms with E-state index in [0.717, 1.165) is 34.7 Å². The van der Waals surface area contributed by atoms with Crippen molar-refractivity contribution in [2.24, 2.45) is 5.92 Å². The number of aromatic nitrogens is 1. The molecule has 18 heavy (non-hydrogen) atoms. The molecule has 102 valence electrons. The normalized spacial score (nSPS) is 18.4.